The van der Waals surface area contributed by atoms with E-state index in [0.717, 1.165) is 20.5 Å². The van der Waals surface area contributed by atoms with Crippen LogP contribution >= 0.6 is 31.9 Å². The molecule has 1 saturated heterocycles. The minimum Gasteiger partial charge on any atom is -0.490 e. The summed E-state index contributed by atoms with van der Waals surface area (Å²) in [4.78, 5) is 51.8. The standard InChI is InChI=1S/C29H25Br2N3O6/c1-4-39-24-14-18(12-21-27(36)33-29(38)34(28(21)37)20-9-7-19(30)8-10-20)13-22(31)26(24)40-15-25(35)32-23-11-16(2)5-6-17(23)3/h5-14H,4,15H2,1-3H3,(H,32,35)(H,33,36,38)/b21-12+. The molecule has 40 heavy (non-hydrogen) atoms. The number of carbonyl (C=O) groups excluding carboxylic acids is 4. The molecule has 5 amide bonds. The Kier molecular flexibility index (Phi) is 9.06. The van der Waals surface area contributed by atoms with Gasteiger partial charge in [0.05, 0.1) is 16.8 Å². The van der Waals surface area contributed by atoms with Crippen molar-refractivity contribution in [1.29, 1.82) is 0 Å². The first-order valence-electron chi connectivity index (χ1n) is 12.2. The molecule has 0 bridgehead atoms. The van der Waals surface area contributed by atoms with Crippen LogP contribution in [0.3, 0.4) is 0 Å². The minimum atomic E-state index is -0.839. The van der Waals surface area contributed by atoms with Crippen molar-refractivity contribution < 1.29 is 28.7 Å². The Hall–Kier alpha value is -3.96. The number of benzene rings is 3. The third-order valence-electron chi connectivity index (χ3n) is 5.84. The highest BCUT2D eigenvalue weighted by Gasteiger charge is 2.36. The SMILES string of the molecule is CCOc1cc(/C=C2\C(=O)NC(=O)N(c3ccc(Br)cc3)C2=O)cc(Br)c1OCC(=O)Nc1cc(C)ccc1C. The van der Waals surface area contributed by atoms with Gasteiger partial charge in [0.1, 0.15) is 5.57 Å². The predicted octanol–water partition coefficient (Wildman–Crippen LogP) is 5.91. The fourth-order valence-electron chi connectivity index (χ4n) is 3.92. The lowest BCUT2D eigenvalue weighted by Crippen LogP contribution is -2.54. The number of rotatable bonds is 8. The van der Waals surface area contributed by atoms with E-state index in [9.17, 15) is 19.2 Å². The van der Waals surface area contributed by atoms with Crippen LogP contribution < -0.4 is 25.0 Å². The molecule has 11 heteroatoms. The van der Waals surface area contributed by atoms with Crippen LogP contribution in [-0.4, -0.2) is 37.0 Å². The zero-order valence-corrected chi connectivity index (χ0v) is 25.0. The Morgan fingerprint density at radius 3 is 2.42 bits per heavy atom. The molecule has 3 aromatic rings. The van der Waals surface area contributed by atoms with Crippen molar-refractivity contribution >= 4 is 73.1 Å². The molecule has 1 fully saturated rings. The number of imide groups is 2. The van der Waals surface area contributed by atoms with Crippen molar-refractivity contribution in [3.05, 3.63) is 85.8 Å². The first-order valence-corrected chi connectivity index (χ1v) is 13.8. The zero-order valence-electron chi connectivity index (χ0n) is 21.8. The lowest BCUT2D eigenvalue weighted by molar-refractivity contribution is -0.122. The summed E-state index contributed by atoms with van der Waals surface area (Å²) in [5.74, 6) is -1.36. The smallest absolute Gasteiger partial charge is 0.335 e. The summed E-state index contributed by atoms with van der Waals surface area (Å²) < 4.78 is 12.7. The highest BCUT2D eigenvalue weighted by molar-refractivity contribution is 9.10. The number of anilines is 2. The third kappa shape index (κ3) is 6.60. The van der Waals surface area contributed by atoms with Gasteiger partial charge in [-0.15, -0.1) is 0 Å². The largest absolute Gasteiger partial charge is 0.490 e. The van der Waals surface area contributed by atoms with Gasteiger partial charge >= 0.3 is 6.03 Å². The molecule has 1 aliphatic heterocycles. The number of aryl methyl sites for hydroxylation is 2. The van der Waals surface area contributed by atoms with Crippen LogP contribution in [0.1, 0.15) is 23.6 Å². The number of nitrogens with zero attached hydrogens (tertiary/aromatic N) is 1. The van der Waals surface area contributed by atoms with Crippen molar-refractivity contribution in [3.8, 4) is 11.5 Å². The normalized spacial score (nSPS) is 14.3. The van der Waals surface area contributed by atoms with Crippen LogP contribution in [-0.2, 0) is 14.4 Å². The first kappa shape index (κ1) is 29.0. The summed E-state index contributed by atoms with van der Waals surface area (Å²) in [6.45, 7) is 5.64. The Labute approximate surface area is 247 Å². The second kappa shape index (κ2) is 12.5. The third-order valence-corrected chi connectivity index (χ3v) is 6.96. The van der Waals surface area contributed by atoms with Crippen LogP contribution in [0.25, 0.3) is 6.08 Å². The Morgan fingerprint density at radius 1 is 1.00 bits per heavy atom. The van der Waals surface area contributed by atoms with E-state index in [1.54, 1.807) is 43.3 Å². The maximum Gasteiger partial charge on any atom is 0.335 e. The second-order valence-electron chi connectivity index (χ2n) is 8.85. The van der Waals surface area contributed by atoms with Gasteiger partial charge in [-0.2, -0.15) is 0 Å². The molecule has 1 aliphatic rings. The fourth-order valence-corrected chi connectivity index (χ4v) is 4.76. The number of hydrogen-bond acceptors (Lipinski definition) is 6. The summed E-state index contributed by atoms with van der Waals surface area (Å²) >= 11 is 6.76. The lowest BCUT2D eigenvalue weighted by Gasteiger charge is -2.26. The number of urea groups is 1. The van der Waals surface area contributed by atoms with Crippen LogP contribution in [0.4, 0.5) is 16.2 Å². The molecular formula is C29H25Br2N3O6. The van der Waals surface area contributed by atoms with Crippen molar-refractivity contribution in [3.63, 3.8) is 0 Å². The number of amides is 5. The summed E-state index contributed by atoms with van der Waals surface area (Å²) in [6, 6.07) is 14.7. The second-order valence-corrected chi connectivity index (χ2v) is 10.6. The molecule has 1 heterocycles. The molecule has 0 radical (unpaired) electrons. The van der Waals surface area contributed by atoms with Crippen molar-refractivity contribution in [2.24, 2.45) is 0 Å². The molecule has 4 rings (SSSR count). The number of halogens is 2. The molecule has 206 valence electrons. The maximum absolute atomic E-state index is 13.2. The van der Waals surface area contributed by atoms with Gasteiger partial charge in [0, 0.05) is 10.2 Å². The topological polar surface area (TPSA) is 114 Å². The van der Waals surface area contributed by atoms with Crippen LogP contribution in [0.15, 0.2) is 69.1 Å². The van der Waals surface area contributed by atoms with Crippen LogP contribution in [0, 0.1) is 13.8 Å². The highest BCUT2D eigenvalue weighted by Crippen LogP contribution is 2.38. The van der Waals surface area contributed by atoms with Gasteiger partial charge in [0.25, 0.3) is 17.7 Å². The van der Waals surface area contributed by atoms with Gasteiger partial charge in [-0.3, -0.25) is 19.7 Å². The van der Waals surface area contributed by atoms with Crippen LogP contribution in [0.5, 0.6) is 11.5 Å². The molecule has 0 saturated carbocycles. The average Bonchev–Trinajstić information content (AvgIpc) is 2.89. The number of ether oxygens (including phenoxy) is 2. The summed E-state index contributed by atoms with van der Waals surface area (Å²) in [6.07, 6.45) is 1.36. The van der Waals surface area contributed by atoms with Crippen molar-refractivity contribution in [2.75, 3.05) is 23.4 Å². The van der Waals surface area contributed by atoms with E-state index in [0.29, 0.717) is 33.8 Å². The predicted molar refractivity (Wildman–Crippen MR) is 158 cm³/mol. The van der Waals surface area contributed by atoms with Gasteiger partial charge < -0.3 is 14.8 Å². The summed E-state index contributed by atoms with van der Waals surface area (Å²) in [5, 5.41) is 5.05. The zero-order chi connectivity index (χ0) is 29.0. The number of carbonyl (C=O) groups is 4. The Bertz CT molecular complexity index is 1540. The molecule has 0 spiro atoms. The molecular weight excluding hydrogens is 646 g/mol. The van der Waals surface area contributed by atoms with Gasteiger partial charge in [-0.1, -0.05) is 28.1 Å². The van der Waals surface area contributed by atoms with Crippen LogP contribution in [0.2, 0.25) is 0 Å². The molecule has 0 aromatic heterocycles. The van der Waals surface area contributed by atoms with Crippen molar-refractivity contribution in [2.45, 2.75) is 20.8 Å². The Morgan fingerprint density at radius 2 is 1.73 bits per heavy atom. The highest BCUT2D eigenvalue weighted by atomic mass is 79.9. The first-order chi connectivity index (χ1) is 19.1. The molecule has 0 aliphatic carbocycles. The van der Waals surface area contributed by atoms with Gasteiger partial charge in [-0.25, -0.2) is 9.69 Å². The number of barbiturate groups is 1. The lowest BCUT2D eigenvalue weighted by atomic mass is 10.1. The maximum atomic E-state index is 13.2. The van der Waals surface area contributed by atoms with Crippen molar-refractivity contribution in [1.82, 2.24) is 5.32 Å². The summed E-state index contributed by atoms with van der Waals surface area (Å²) in [7, 11) is 0. The van der Waals surface area contributed by atoms with E-state index in [-0.39, 0.29) is 23.8 Å². The number of nitrogens with one attached hydrogen (secondary N) is 2. The van der Waals surface area contributed by atoms with Gasteiger partial charge in [-0.05, 0) is 102 Å². The molecule has 0 atom stereocenters. The fraction of sp³-hybridized carbons (Fsp3) is 0.172. The minimum absolute atomic E-state index is 0.238. The average molecular weight is 671 g/mol. The van der Waals surface area contributed by atoms with Gasteiger partial charge in [0.2, 0.25) is 0 Å². The van der Waals surface area contributed by atoms with Gasteiger partial charge in [0.15, 0.2) is 18.1 Å². The van der Waals surface area contributed by atoms with E-state index in [2.05, 4.69) is 42.5 Å². The molecule has 0 unspecified atom stereocenters. The summed E-state index contributed by atoms with van der Waals surface area (Å²) in [5.41, 5.74) is 3.15. The monoisotopic (exact) mass is 669 g/mol. The molecule has 3 aromatic carbocycles. The quantitative estimate of drug-likeness (QED) is 0.228. The van der Waals surface area contributed by atoms with E-state index in [1.807, 2.05) is 32.0 Å². The van der Waals surface area contributed by atoms with E-state index < -0.39 is 17.8 Å². The van der Waals surface area contributed by atoms with E-state index in [1.165, 1.54) is 6.08 Å². The molecule has 2 N–H and O–H groups in total. The van der Waals surface area contributed by atoms with E-state index in [4.69, 9.17) is 9.47 Å². The number of hydrogen-bond donors (Lipinski definition) is 2. The van der Waals surface area contributed by atoms with E-state index >= 15 is 0 Å². The Balaban J connectivity index is 1.58. The molecule has 9 nitrogen and oxygen atoms in total.